The molecule has 0 aliphatic heterocycles. The van der Waals surface area contributed by atoms with Crippen LogP contribution in [0.25, 0.3) is 16.5 Å². The third-order valence-corrected chi connectivity index (χ3v) is 5.36. The van der Waals surface area contributed by atoms with Gasteiger partial charge in [0, 0.05) is 29.8 Å². The zero-order valence-electron chi connectivity index (χ0n) is 17.9. The van der Waals surface area contributed by atoms with Crippen molar-refractivity contribution < 1.29 is 13.5 Å². The lowest BCUT2D eigenvalue weighted by molar-refractivity contribution is 0.290. The van der Waals surface area contributed by atoms with Gasteiger partial charge in [-0.2, -0.15) is 0 Å². The molecule has 0 radical (unpaired) electrons. The van der Waals surface area contributed by atoms with Crippen molar-refractivity contribution in [1.29, 1.82) is 0 Å². The van der Waals surface area contributed by atoms with Crippen LogP contribution < -0.4 is 15.6 Å². The highest BCUT2D eigenvalue weighted by atomic mass is 19.1. The van der Waals surface area contributed by atoms with Crippen LogP contribution in [0.5, 0.6) is 5.75 Å². The van der Waals surface area contributed by atoms with Gasteiger partial charge in [-0.05, 0) is 59.5 Å². The Kier molecular flexibility index (Phi) is 5.74. The highest BCUT2D eigenvalue weighted by Crippen LogP contribution is 2.26. The number of ether oxygens (including phenoxy) is 1. The summed E-state index contributed by atoms with van der Waals surface area (Å²) in [6.45, 7) is 0.248. The molecular weight excluding hydrogens is 436 g/mol. The number of fused-ring (bicyclic) bond motifs is 1. The van der Waals surface area contributed by atoms with Crippen LogP contribution >= 0.6 is 0 Å². The van der Waals surface area contributed by atoms with Crippen LogP contribution in [0.15, 0.2) is 102 Å². The molecule has 34 heavy (non-hydrogen) atoms. The Morgan fingerprint density at radius 3 is 2.47 bits per heavy atom. The van der Waals surface area contributed by atoms with E-state index >= 15 is 0 Å². The summed E-state index contributed by atoms with van der Waals surface area (Å²) < 4.78 is 35.0. The van der Waals surface area contributed by atoms with Crippen molar-refractivity contribution in [2.75, 3.05) is 5.32 Å². The maximum Gasteiger partial charge on any atom is 0.266 e. The molecule has 5 aromatic rings. The van der Waals surface area contributed by atoms with Gasteiger partial charge in [0.2, 0.25) is 0 Å². The summed E-state index contributed by atoms with van der Waals surface area (Å²) >= 11 is 0. The number of nitrogens with one attached hydrogen (secondary N) is 1. The molecule has 0 bridgehead atoms. The highest BCUT2D eigenvalue weighted by molar-refractivity contribution is 5.92. The second-order valence-electron chi connectivity index (χ2n) is 7.64. The van der Waals surface area contributed by atoms with Crippen molar-refractivity contribution in [3.8, 4) is 11.4 Å². The van der Waals surface area contributed by atoms with E-state index in [1.165, 1.54) is 41.0 Å². The van der Waals surface area contributed by atoms with Gasteiger partial charge in [0.15, 0.2) is 11.6 Å². The standard InChI is InChI=1S/C27H19F2N3O2/c28-20-6-9-22(10-7-20)32-15-13-19-12-14-30-26(25(19)27(32)33)31-21-8-11-24(23(29)16-21)34-17-18-4-2-1-3-5-18/h1-16H,17H2,(H,30,31). The number of benzene rings is 3. The van der Waals surface area contributed by atoms with Crippen molar-refractivity contribution in [3.63, 3.8) is 0 Å². The topological polar surface area (TPSA) is 56.1 Å². The maximum atomic E-state index is 14.7. The number of rotatable bonds is 6. The lowest BCUT2D eigenvalue weighted by Gasteiger charge is -2.13. The van der Waals surface area contributed by atoms with Crippen molar-refractivity contribution in [2.45, 2.75) is 6.61 Å². The van der Waals surface area contributed by atoms with E-state index in [9.17, 15) is 13.6 Å². The lowest BCUT2D eigenvalue weighted by atomic mass is 10.2. The van der Waals surface area contributed by atoms with E-state index in [0.29, 0.717) is 22.1 Å². The van der Waals surface area contributed by atoms with E-state index in [0.717, 1.165) is 5.56 Å². The van der Waals surface area contributed by atoms with Crippen LogP contribution in [0.3, 0.4) is 0 Å². The van der Waals surface area contributed by atoms with Crippen LogP contribution in [-0.2, 0) is 6.61 Å². The Balaban J connectivity index is 1.44. The predicted molar refractivity (Wildman–Crippen MR) is 128 cm³/mol. The SMILES string of the molecule is O=c1c2c(Nc3ccc(OCc4ccccc4)c(F)c3)nccc2ccn1-c1ccc(F)cc1. The molecule has 0 aliphatic carbocycles. The summed E-state index contributed by atoms with van der Waals surface area (Å²) in [7, 11) is 0. The molecule has 0 atom stereocenters. The van der Waals surface area contributed by atoms with E-state index in [-0.39, 0.29) is 29.6 Å². The van der Waals surface area contributed by atoms with Crippen LogP contribution in [0.1, 0.15) is 5.56 Å². The zero-order chi connectivity index (χ0) is 23.5. The van der Waals surface area contributed by atoms with Gasteiger partial charge >= 0.3 is 0 Å². The van der Waals surface area contributed by atoms with Crippen molar-refractivity contribution in [2.24, 2.45) is 0 Å². The summed E-state index contributed by atoms with van der Waals surface area (Å²) in [4.78, 5) is 17.6. The van der Waals surface area contributed by atoms with Gasteiger partial charge < -0.3 is 10.1 Å². The Labute approximate surface area is 193 Å². The van der Waals surface area contributed by atoms with Gasteiger partial charge in [-0.3, -0.25) is 9.36 Å². The van der Waals surface area contributed by atoms with E-state index in [2.05, 4.69) is 10.3 Å². The lowest BCUT2D eigenvalue weighted by Crippen LogP contribution is -2.19. The van der Waals surface area contributed by atoms with Gasteiger partial charge in [0.1, 0.15) is 18.2 Å². The quantitative estimate of drug-likeness (QED) is 0.342. The fraction of sp³-hybridized carbons (Fsp3) is 0.0370. The largest absolute Gasteiger partial charge is 0.486 e. The van der Waals surface area contributed by atoms with Crippen molar-refractivity contribution >= 4 is 22.3 Å². The fourth-order valence-corrected chi connectivity index (χ4v) is 3.65. The molecule has 1 N–H and O–H groups in total. The summed E-state index contributed by atoms with van der Waals surface area (Å²) in [6.07, 6.45) is 3.19. The molecule has 0 spiro atoms. The van der Waals surface area contributed by atoms with E-state index in [1.54, 1.807) is 30.6 Å². The second kappa shape index (κ2) is 9.15. The number of pyridine rings is 2. The smallest absolute Gasteiger partial charge is 0.266 e. The van der Waals surface area contributed by atoms with Gasteiger partial charge in [-0.25, -0.2) is 13.8 Å². The molecule has 2 aromatic heterocycles. The monoisotopic (exact) mass is 455 g/mol. The number of nitrogens with zero attached hydrogens (tertiary/aromatic N) is 2. The molecule has 5 nitrogen and oxygen atoms in total. The normalized spacial score (nSPS) is 10.9. The molecule has 0 amide bonds. The van der Waals surface area contributed by atoms with Gasteiger partial charge in [0.05, 0.1) is 5.39 Å². The first-order valence-electron chi connectivity index (χ1n) is 10.6. The molecule has 3 aromatic carbocycles. The fourth-order valence-electron chi connectivity index (χ4n) is 3.65. The number of hydrogen-bond acceptors (Lipinski definition) is 4. The Morgan fingerprint density at radius 1 is 0.912 bits per heavy atom. The third-order valence-electron chi connectivity index (χ3n) is 5.36. The molecular formula is C27H19F2N3O2. The van der Waals surface area contributed by atoms with Crippen molar-refractivity contribution in [1.82, 2.24) is 9.55 Å². The molecule has 7 heteroatoms. The molecule has 5 rings (SSSR count). The minimum Gasteiger partial charge on any atom is -0.486 e. The summed E-state index contributed by atoms with van der Waals surface area (Å²) in [6, 6.07) is 23.1. The first kappa shape index (κ1) is 21.3. The van der Waals surface area contributed by atoms with Gasteiger partial charge in [-0.1, -0.05) is 30.3 Å². The summed E-state index contributed by atoms with van der Waals surface area (Å²) in [5, 5.41) is 4.04. The average Bonchev–Trinajstić information content (AvgIpc) is 2.85. The number of halogens is 2. The number of aromatic nitrogens is 2. The Morgan fingerprint density at radius 2 is 1.71 bits per heavy atom. The van der Waals surface area contributed by atoms with Crippen molar-refractivity contribution in [3.05, 3.63) is 125 Å². The first-order chi connectivity index (χ1) is 16.6. The van der Waals surface area contributed by atoms with E-state index in [4.69, 9.17) is 4.74 Å². The van der Waals surface area contributed by atoms with Crippen LogP contribution in [0.2, 0.25) is 0 Å². The maximum absolute atomic E-state index is 14.7. The average molecular weight is 455 g/mol. The molecule has 0 saturated heterocycles. The minimum atomic E-state index is -0.537. The Bertz CT molecular complexity index is 1520. The first-order valence-corrected chi connectivity index (χ1v) is 10.6. The van der Waals surface area contributed by atoms with E-state index in [1.807, 2.05) is 30.3 Å². The van der Waals surface area contributed by atoms with Crippen LogP contribution in [0, 0.1) is 11.6 Å². The van der Waals surface area contributed by atoms with Crippen LogP contribution in [-0.4, -0.2) is 9.55 Å². The molecule has 0 unspecified atom stereocenters. The summed E-state index contributed by atoms with van der Waals surface area (Å²) in [5.74, 6) is -0.514. The van der Waals surface area contributed by atoms with Gasteiger partial charge in [-0.15, -0.1) is 0 Å². The number of hydrogen-bond donors (Lipinski definition) is 1. The van der Waals surface area contributed by atoms with Gasteiger partial charge in [0.25, 0.3) is 5.56 Å². The highest BCUT2D eigenvalue weighted by Gasteiger charge is 2.12. The van der Waals surface area contributed by atoms with Crippen LogP contribution in [0.4, 0.5) is 20.3 Å². The molecule has 0 saturated carbocycles. The summed E-state index contributed by atoms with van der Waals surface area (Å²) in [5.41, 5.74) is 1.54. The third kappa shape index (κ3) is 4.36. The number of anilines is 2. The zero-order valence-corrected chi connectivity index (χ0v) is 17.9. The molecule has 0 aliphatic rings. The minimum absolute atomic E-state index is 0.124. The molecule has 168 valence electrons. The molecule has 2 heterocycles. The molecule has 0 fully saturated rings. The predicted octanol–water partition coefficient (Wildman–Crippen LogP) is 5.99. The second-order valence-corrected chi connectivity index (χ2v) is 7.64. The Hall–Kier alpha value is -4.52. The van der Waals surface area contributed by atoms with E-state index < -0.39 is 5.82 Å².